The van der Waals surface area contributed by atoms with Crippen molar-refractivity contribution in [3.05, 3.63) is 0 Å². The monoisotopic (exact) mass is 280 g/mol. The molecule has 3 rings (SSSR count). The molecule has 3 heterocycles. The van der Waals surface area contributed by atoms with Crippen molar-refractivity contribution in [3.8, 4) is 0 Å². The summed E-state index contributed by atoms with van der Waals surface area (Å²) in [6, 6.07) is 0.160. The second-order valence-electron chi connectivity index (χ2n) is 6.53. The van der Waals surface area contributed by atoms with Gasteiger partial charge < -0.3 is 15.3 Å². The Balaban J connectivity index is 1.54. The van der Waals surface area contributed by atoms with Crippen LogP contribution in [0.3, 0.4) is 0 Å². The number of carboxylic acids is 1. The fourth-order valence-electron chi connectivity index (χ4n) is 4.27. The fourth-order valence-corrected chi connectivity index (χ4v) is 4.27. The molecule has 112 valence electrons. The van der Waals surface area contributed by atoms with Gasteiger partial charge in [-0.05, 0) is 57.5 Å². The topological polar surface area (TPSA) is 69.6 Å². The van der Waals surface area contributed by atoms with E-state index in [1.165, 1.54) is 12.8 Å². The van der Waals surface area contributed by atoms with Gasteiger partial charge >= 0.3 is 5.97 Å². The molecule has 3 saturated heterocycles. The van der Waals surface area contributed by atoms with Gasteiger partial charge in [-0.1, -0.05) is 0 Å². The van der Waals surface area contributed by atoms with Crippen LogP contribution in [0.5, 0.6) is 0 Å². The molecule has 0 aromatic carbocycles. The molecule has 3 aliphatic rings. The lowest BCUT2D eigenvalue weighted by Crippen LogP contribution is -2.38. The van der Waals surface area contributed by atoms with E-state index in [0.717, 1.165) is 32.4 Å². The van der Waals surface area contributed by atoms with Crippen LogP contribution in [0, 0.1) is 11.8 Å². The van der Waals surface area contributed by atoms with Crippen molar-refractivity contribution >= 4 is 11.9 Å². The number of hydrogen-bond acceptors (Lipinski definition) is 3. The molecule has 0 aliphatic carbocycles. The molecule has 2 bridgehead atoms. The molecular weight excluding hydrogens is 256 g/mol. The van der Waals surface area contributed by atoms with E-state index in [1.807, 2.05) is 4.90 Å². The number of nitrogens with one attached hydrogen (secondary N) is 1. The van der Waals surface area contributed by atoms with Gasteiger partial charge in [-0.15, -0.1) is 0 Å². The standard InChI is InChI=1S/C15H24N2O3/c18-14(6-3-10-2-1-7-16-9-10)17-11-4-5-13(17)12(8-11)15(19)20/h10-13,16H,1-9H2,(H,19,20). The molecule has 5 nitrogen and oxygen atoms in total. The number of carbonyl (C=O) groups excluding carboxylic acids is 1. The predicted octanol–water partition coefficient (Wildman–Crippen LogP) is 1.23. The van der Waals surface area contributed by atoms with Gasteiger partial charge in [0.1, 0.15) is 0 Å². The zero-order valence-corrected chi connectivity index (χ0v) is 11.9. The molecule has 4 atom stereocenters. The smallest absolute Gasteiger partial charge is 0.308 e. The Kier molecular flexibility index (Phi) is 3.96. The molecule has 5 heteroatoms. The van der Waals surface area contributed by atoms with Crippen LogP contribution in [0.25, 0.3) is 0 Å². The molecule has 4 unspecified atom stereocenters. The second-order valence-corrected chi connectivity index (χ2v) is 6.53. The zero-order chi connectivity index (χ0) is 14.1. The second kappa shape index (κ2) is 5.72. The number of carboxylic acid groups (broad SMARTS) is 1. The average Bonchev–Trinajstić information content (AvgIpc) is 3.03. The Morgan fingerprint density at radius 1 is 1.25 bits per heavy atom. The summed E-state index contributed by atoms with van der Waals surface area (Å²) in [7, 11) is 0. The van der Waals surface area contributed by atoms with Crippen LogP contribution in [0.2, 0.25) is 0 Å². The molecule has 0 spiro atoms. The van der Waals surface area contributed by atoms with Gasteiger partial charge in [0.15, 0.2) is 0 Å². The molecule has 3 fully saturated rings. The number of hydrogen-bond donors (Lipinski definition) is 2. The predicted molar refractivity (Wildman–Crippen MR) is 74.2 cm³/mol. The Bertz CT molecular complexity index is 393. The first-order chi connectivity index (χ1) is 9.66. The van der Waals surface area contributed by atoms with Gasteiger partial charge in [0.05, 0.1) is 5.92 Å². The third-order valence-electron chi connectivity index (χ3n) is 5.31. The first-order valence-corrected chi connectivity index (χ1v) is 7.91. The van der Waals surface area contributed by atoms with Crippen LogP contribution in [0.4, 0.5) is 0 Å². The van der Waals surface area contributed by atoms with Crippen LogP contribution in [-0.2, 0) is 9.59 Å². The first kappa shape index (κ1) is 13.9. The average molecular weight is 280 g/mol. The van der Waals surface area contributed by atoms with E-state index in [0.29, 0.717) is 18.8 Å². The van der Waals surface area contributed by atoms with Gasteiger partial charge in [-0.3, -0.25) is 9.59 Å². The molecule has 20 heavy (non-hydrogen) atoms. The fraction of sp³-hybridized carbons (Fsp3) is 0.867. The zero-order valence-electron chi connectivity index (χ0n) is 11.9. The molecule has 0 saturated carbocycles. The first-order valence-electron chi connectivity index (χ1n) is 7.91. The van der Waals surface area contributed by atoms with Crippen molar-refractivity contribution in [1.82, 2.24) is 10.2 Å². The molecular formula is C15H24N2O3. The minimum atomic E-state index is -0.730. The Hall–Kier alpha value is -1.10. The van der Waals surface area contributed by atoms with Gasteiger partial charge in [-0.2, -0.15) is 0 Å². The van der Waals surface area contributed by atoms with E-state index >= 15 is 0 Å². The Morgan fingerprint density at radius 2 is 2.10 bits per heavy atom. The number of piperidine rings is 1. The summed E-state index contributed by atoms with van der Waals surface area (Å²) in [6.07, 6.45) is 6.48. The summed E-state index contributed by atoms with van der Waals surface area (Å²) in [4.78, 5) is 25.6. The minimum Gasteiger partial charge on any atom is -0.481 e. The summed E-state index contributed by atoms with van der Waals surface area (Å²) in [6.45, 7) is 2.12. The van der Waals surface area contributed by atoms with Gasteiger partial charge in [0.25, 0.3) is 0 Å². The number of rotatable bonds is 4. The van der Waals surface area contributed by atoms with Crippen LogP contribution in [-0.4, -0.2) is 47.1 Å². The lowest BCUT2D eigenvalue weighted by molar-refractivity contribution is -0.143. The van der Waals surface area contributed by atoms with E-state index in [2.05, 4.69) is 5.32 Å². The summed E-state index contributed by atoms with van der Waals surface area (Å²) < 4.78 is 0. The van der Waals surface area contributed by atoms with Crippen LogP contribution < -0.4 is 5.32 Å². The van der Waals surface area contributed by atoms with E-state index in [4.69, 9.17) is 0 Å². The lowest BCUT2D eigenvalue weighted by Gasteiger charge is -2.26. The highest BCUT2D eigenvalue weighted by molar-refractivity contribution is 5.80. The van der Waals surface area contributed by atoms with Crippen LogP contribution in [0.1, 0.15) is 44.9 Å². The number of nitrogens with zero attached hydrogens (tertiary/aromatic N) is 1. The Labute approximate surface area is 119 Å². The van der Waals surface area contributed by atoms with Crippen molar-refractivity contribution < 1.29 is 14.7 Å². The third-order valence-corrected chi connectivity index (χ3v) is 5.31. The Morgan fingerprint density at radius 3 is 2.75 bits per heavy atom. The highest BCUT2D eigenvalue weighted by Crippen LogP contribution is 2.42. The molecule has 0 aromatic rings. The SMILES string of the molecule is O=C(O)C1CC2CCC1N2C(=O)CCC1CCCNC1. The van der Waals surface area contributed by atoms with Crippen molar-refractivity contribution in [2.45, 2.75) is 57.0 Å². The molecule has 0 aromatic heterocycles. The van der Waals surface area contributed by atoms with E-state index < -0.39 is 5.97 Å². The van der Waals surface area contributed by atoms with E-state index in [1.54, 1.807) is 0 Å². The largest absolute Gasteiger partial charge is 0.481 e. The molecule has 1 amide bonds. The third kappa shape index (κ3) is 2.55. The van der Waals surface area contributed by atoms with E-state index in [-0.39, 0.29) is 23.9 Å². The quantitative estimate of drug-likeness (QED) is 0.812. The van der Waals surface area contributed by atoms with Crippen LogP contribution in [0.15, 0.2) is 0 Å². The molecule has 3 aliphatic heterocycles. The molecule has 0 radical (unpaired) electrons. The lowest BCUT2D eigenvalue weighted by atomic mass is 9.89. The minimum absolute atomic E-state index is 0.0329. The van der Waals surface area contributed by atoms with Crippen molar-refractivity contribution in [2.24, 2.45) is 11.8 Å². The summed E-state index contributed by atoms with van der Waals surface area (Å²) >= 11 is 0. The summed E-state index contributed by atoms with van der Waals surface area (Å²) in [5, 5.41) is 12.6. The van der Waals surface area contributed by atoms with Crippen LogP contribution >= 0.6 is 0 Å². The van der Waals surface area contributed by atoms with Crippen molar-refractivity contribution in [2.75, 3.05) is 13.1 Å². The number of amides is 1. The van der Waals surface area contributed by atoms with Gasteiger partial charge in [0, 0.05) is 18.5 Å². The number of fused-ring (bicyclic) bond motifs is 2. The normalized spacial score (nSPS) is 36.3. The van der Waals surface area contributed by atoms with Crippen molar-refractivity contribution in [1.29, 1.82) is 0 Å². The highest BCUT2D eigenvalue weighted by Gasteiger charge is 2.50. The van der Waals surface area contributed by atoms with Crippen molar-refractivity contribution in [3.63, 3.8) is 0 Å². The van der Waals surface area contributed by atoms with Gasteiger partial charge in [-0.25, -0.2) is 0 Å². The maximum Gasteiger partial charge on any atom is 0.308 e. The number of carbonyl (C=O) groups is 2. The summed E-state index contributed by atoms with van der Waals surface area (Å²) in [5.41, 5.74) is 0. The molecule has 2 N–H and O–H groups in total. The number of aliphatic carboxylic acids is 1. The maximum absolute atomic E-state index is 12.4. The van der Waals surface area contributed by atoms with Gasteiger partial charge in [0.2, 0.25) is 5.91 Å². The van der Waals surface area contributed by atoms with E-state index in [9.17, 15) is 14.7 Å². The maximum atomic E-state index is 12.4. The summed E-state index contributed by atoms with van der Waals surface area (Å²) in [5.74, 6) is -0.254. The highest BCUT2D eigenvalue weighted by atomic mass is 16.4.